The summed E-state index contributed by atoms with van der Waals surface area (Å²) in [5.74, 6) is -0.107. The average Bonchev–Trinajstić information content (AvgIpc) is 3.02. The van der Waals surface area contributed by atoms with E-state index in [1.165, 1.54) is 17.2 Å². The Hall–Kier alpha value is -1.55. The van der Waals surface area contributed by atoms with Crippen LogP contribution in [0.2, 0.25) is 0 Å². The van der Waals surface area contributed by atoms with Gasteiger partial charge in [0.25, 0.3) is 0 Å². The summed E-state index contributed by atoms with van der Waals surface area (Å²) in [6, 6.07) is 0. The third-order valence-corrected chi connectivity index (χ3v) is 4.08. The monoisotopic (exact) mass is 317 g/mol. The third-order valence-electron chi connectivity index (χ3n) is 3.62. The van der Waals surface area contributed by atoms with Gasteiger partial charge in [0.2, 0.25) is 0 Å². The lowest BCUT2D eigenvalue weighted by Crippen LogP contribution is -2.47. The van der Waals surface area contributed by atoms with E-state index in [4.69, 9.17) is 22.1 Å². The molecule has 114 valence electrons. The molecular formula is C11H13ClFN5O3. The van der Waals surface area contributed by atoms with Crippen LogP contribution in [0.5, 0.6) is 0 Å². The van der Waals surface area contributed by atoms with Crippen LogP contribution in [0.3, 0.4) is 0 Å². The molecule has 4 N–H and O–H groups in total. The quantitative estimate of drug-likeness (QED) is 0.659. The number of alkyl halides is 2. The summed E-state index contributed by atoms with van der Waals surface area (Å²) >= 11 is 5.71. The topological polar surface area (TPSA) is 119 Å². The molecule has 4 unspecified atom stereocenters. The number of ether oxygens (including phenoxy) is 1. The number of nitrogens with zero attached hydrogens (tertiary/aromatic N) is 4. The molecule has 1 aliphatic rings. The van der Waals surface area contributed by atoms with Crippen LogP contribution in [0, 0.1) is 0 Å². The van der Waals surface area contributed by atoms with Gasteiger partial charge >= 0.3 is 0 Å². The maximum absolute atomic E-state index is 14.4. The summed E-state index contributed by atoms with van der Waals surface area (Å²) in [5, 5.41) is 19.3. The maximum Gasteiger partial charge on any atom is 0.174 e. The van der Waals surface area contributed by atoms with Crippen LogP contribution in [0.4, 0.5) is 10.2 Å². The number of fused-ring (bicyclic) bond motifs is 1. The fraction of sp³-hybridized carbons (Fsp3) is 0.545. The lowest BCUT2D eigenvalue weighted by atomic mass is 9.99. The molecule has 1 aliphatic heterocycles. The Bertz CT molecular complexity index is 664. The van der Waals surface area contributed by atoms with Crippen molar-refractivity contribution in [2.45, 2.75) is 24.1 Å². The number of hydrogen-bond donors (Lipinski definition) is 3. The minimum Gasteiger partial charge on any atom is -0.393 e. The SMILES string of the molecule is Nc1ncnc2c1ncn2C1OC(CO)(CCl)C(O)C1F. The van der Waals surface area contributed by atoms with Crippen LogP contribution < -0.4 is 5.73 Å². The first-order chi connectivity index (χ1) is 10.0. The van der Waals surface area contributed by atoms with E-state index in [1.807, 2.05) is 0 Å². The number of rotatable bonds is 3. The molecule has 0 saturated carbocycles. The molecule has 1 fully saturated rings. The Labute approximate surface area is 123 Å². The first-order valence-corrected chi connectivity index (χ1v) is 6.67. The first-order valence-electron chi connectivity index (χ1n) is 6.14. The highest BCUT2D eigenvalue weighted by molar-refractivity contribution is 6.18. The van der Waals surface area contributed by atoms with E-state index in [2.05, 4.69) is 15.0 Å². The molecule has 3 heterocycles. The van der Waals surface area contributed by atoms with Crippen molar-refractivity contribution in [3.63, 3.8) is 0 Å². The average molecular weight is 318 g/mol. The molecule has 0 spiro atoms. The maximum atomic E-state index is 14.4. The Kier molecular flexibility index (Phi) is 3.44. The molecule has 8 nitrogen and oxygen atoms in total. The number of hydrogen-bond acceptors (Lipinski definition) is 7. The second kappa shape index (κ2) is 5.02. The summed E-state index contributed by atoms with van der Waals surface area (Å²) in [6.45, 7) is -0.613. The Balaban J connectivity index is 2.06. The van der Waals surface area contributed by atoms with Crippen LogP contribution in [-0.2, 0) is 4.74 Å². The molecule has 0 amide bonds. The van der Waals surface area contributed by atoms with E-state index in [0.717, 1.165) is 0 Å². The third kappa shape index (κ3) is 1.96. The molecule has 4 atom stereocenters. The Morgan fingerprint density at radius 3 is 2.86 bits per heavy atom. The van der Waals surface area contributed by atoms with Gasteiger partial charge in [0.05, 0.1) is 18.8 Å². The smallest absolute Gasteiger partial charge is 0.174 e. The van der Waals surface area contributed by atoms with E-state index in [1.54, 1.807) is 0 Å². The summed E-state index contributed by atoms with van der Waals surface area (Å²) < 4.78 is 21.2. The van der Waals surface area contributed by atoms with Crippen molar-refractivity contribution in [2.24, 2.45) is 0 Å². The molecular weight excluding hydrogens is 305 g/mol. The van der Waals surface area contributed by atoms with Crippen molar-refractivity contribution in [3.05, 3.63) is 12.7 Å². The van der Waals surface area contributed by atoms with Gasteiger partial charge < -0.3 is 20.7 Å². The van der Waals surface area contributed by atoms with E-state index in [-0.39, 0.29) is 17.3 Å². The summed E-state index contributed by atoms with van der Waals surface area (Å²) in [7, 11) is 0. The van der Waals surface area contributed by atoms with E-state index < -0.39 is 30.7 Å². The fourth-order valence-electron chi connectivity index (χ4n) is 2.37. The van der Waals surface area contributed by atoms with Gasteiger partial charge in [0.1, 0.15) is 23.5 Å². The number of anilines is 1. The highest BCUT2D eigenvalue weighted by Crippen LogP contribution is 2.40. The minimum atomic E-state index is -1.80. The van der Waals surface area contributed by atoms with Crippen LogP contribution in [0.15, 0.2) is 12.7 Å². The number of aromatic nitrogens is 4. The van der Waals surface area contributed by atoms with Gasteiger partial charge in [-0.15, -0.1) is 11.6 Å². The lowest BCUT2D eigenvalue weighted by Gasteiger charge is -2.26. The Morgan fingerprint density at radius 2 is 2.24 bits per heavy atom. The number of imidazole rings is 1. The normalized spacial score (nSPS) is 32.9. The first kappa shape index (κ1) is 14.4. The van der Waals surface area contributed by atoms with Crippen molar-refractivity contribution in [3.8, 4) is 0 Å². The van der Waals surface area contributed by atoms with Gasteiger partial charge in [-0.05, 0) is 0 Å². The zero-order valence-corrected chi connectivity index (χ0v) is 11.5. The molecule has 0 aliphatic carbocycles. The van der Waals surface area contributed by atoms with Gasteiger partial charge in [-0.25, -0.2) is 19.3 Å². The largest absolute Gasteiger partial charge is 0.393 e. The summed E-state index contributed by atoms with van der Waals surface area (Å²) in [6.07, 6.45) is -2.08. The van der Waals surface area contributed by atoms with Gasteiger partial charge in [0.15, 0.2) is 23.9 Å². The van der Waals surface area contributed by atoms with Crippen LogP contribution in [0.1, 0.15) is 6.23 Å². The second-order valence-electron chi connectivity index (χ2n) is 4.84. The predicted molar refractivity (Wildman–Crippen MR) is 71.3 cm³/mol. The number of nitrogen functional groups attached to an aromatic ring is 1. The van der Waals surface area contributed by atoms with Gasteiger partial charge in [-0.3, -0.25) is 4.57 Å². The van der Waals surface area contributed by atoms with Crippen molar-refractivity contribution >= 4 is 28.6 Å². The number of halogens is 2. The number of nitrogens with two attached hydrogens (primary N) is 1. The van der Waals surface area contributed by atoms with Crippen molar-refractivity contribution in [2.75, 3.05) is 18.2 Å². The van der Waals surface area contributed by atoms with E-state index >= 15 is 0 Å². The van der Waals surface area contributed by atoms with Crippen LogP contribution in [-0.4, -0.2) is 60.1 Å². The molecule has 0 bridgehead atoms. The molecule has 0 aromatic carbocycles. The Morgan fingerprint density at radius 1 is 1.48 bits per heavy atom. The summed E-state index contributed by atoms with van der Waals surface area (Å²) in [5.41, 5.74) is 4.67. The van der Waals surface area contributed by atoms with Crippen LogP contribution in [0.25, 0.3) is 11.2 Å². The summed E-state index contributed by atoms with van der Waals surface area (Å²) in [4.78, 5) is 11.8. The molecule has 2 aromatic heterocycles. The zero-order chi connectivity index (χ0) is 15.2. The number of aliphatic hydroxyl groups excluding tert-OH is 2. The lowest BCUT2D eigenvalue weighted by molar-refractivity contribution is -0.113. The molecule has 0 radical (unpaired) electrons. The highest BCUT2D eigenvalue weighted by atomic mass is 35.5. The van der Waals surface area contributed by atoms with Crippen molar-refractivity contribution in [1.29, 1.82) is 0 Å². The zero-order valence-electron chi connectivity index (χ0n) is 10.7. The molecule has 21 heavy (non-hydrogen) atoms. The van der Waals surface area contributed by atoms with Gasteiger partial charge in [-0.2, -0.15) is 0 Å². The van der Waals surface area contributed by atoms with E-state index in [9.17, 15) is 14.6 Å². The standard InChI is InChI=1S/C11H13ClFN5O3/c12-1-11(2-19)7(20)5(13)10(21-11)18-4-17-6-8(14)15-3-16-9(6)18/h3-5,7,10,19-20H,1-2H2,(H2,14,15,16). The van der Waals surface area contributed by atoms with Gasteiger partial charge in [-0.1, -0.05) is 0 Å². The highest BCUT2D eigenvalue weighted by Gasteiger charge is 2.55. The fourth-order valence-corrected chi connectivity index (χ4v) is 2.68. The predicted octanol–water partition coefficient (Wildman–Crippen LogP) is -0.394. The molecule has 2 aromatic rings. The van der Waals surface area contributed by atoms with Crippen LogP contribution >= 0.6 is 11.6 Å². The molecule has 3 rings (SSSR count). The van der Waals surface area contributed by atoms with Crippen molar-refractivity contribution < 1.29 is 19.3 Å². The molecule has 1 saturated heterocycles. The molecule has 10 heteroatoms. The van der Waals surface area contributed by atoms with Gasteiger partial charge in [0, 0.05) is 0 Å². The van der Waals surface area contributed by atoms with E-state index in [0.29, 0.717) is 5.52 Å². The minimum absolute atomic E-state index is 0.151. The second-order valence-corrected chi connectivity index (χ2v) is 5.10. The number of aliphatic hydroxyl groups is 2. The van der Waals surface area contributed by atoms with Crippen molar-refractivity contribution in [1.82, 2.24) is 19.5 Å².